The van der Waals surface area contributed by atoms with Gasteiger partial charge in [0.05, 0.1) is 22.9 Å². The van der Waals surface area contributed by atoms with Gasteiger partial charge in [-0.3, -0.25) is 4.79 Å². The molecule has 23 heavy (non-hydrogen) atoms. The normalized spacial score (nSPS) is 10.6. The summed E-state index contributed by atoms with van der Waals surface area (Å²) < 4.78 is 19.6. The quantitative estimate of drug-likeness (QED) is 0.864. The molecule has 0 aliphatic heterocycles. The number of hydrogen-bond donors (Lipinski definition) is 1. The molecule has 0 aliphatic rings. The largest absolute Gasteiger partial charge is 0.462 e. The highest BCUT2D eigenvalue weighted by molar-refractivity contribution is 6.33. The van der Waals surface area contributed by atoms with Gasteiger partial charge < -0.3 is 9.72 Å². The lowest BCUT2D eigenvalue weighted by molar-refractivity contribution is 0.0526. The third-order valence-electron chi connectivity index (χ3n) is 3.14. The summed E-state index contributed by atoms with van der Waals surface area (Å²) in [6.45, 7) is 3.47. The number of H-pyrrole nitrogens is 1. The fourth-order valence-corrected chi connectivity index (χ4v) is 2.26. The number of rotatable bonds is 4. The first kappa shape index (κ1) is 17.0. The molecular weight excluding hydrogens is 327 g/mol. The third kappa shape index (κ3) is 3.34. The van der Waals surface area contributed by atoms with Crippen molar-refractivity contribution in [2.24, 2.45) is 0 Å². The SMILES string of the molecule is CCOC(=O)c1cc(-n2c(=O)cc(CC)[nH]c2=O)c(F)cc1Cl. The number of hydrogen-bond acceptors (Lipinski definition) is 4. The highest BCUT2D eigenvalue weighted by atomic mass is 35.5. The minimum absolute atomic E-state index is 0.105. The Morgan fingerprint density at radius 2 is 2.00 bits per heavy atom. The summed E-state index contributed by atoms with van der Waals surface area (Å²) in [5, 5.41) is -0.167. The van der Waals surface area contributed by atoms with Gasteiger partial charge >= 0.3 is 11.7 Å². The highest BCUT2D eigenvalue weighted by Gasteiger charge is 2.19. The van der Waals surface area contributed by atoms with Crippen LogP contribution in [-0.2, 0) is 11.2 Å². The van der Waals surface area contributed by atoms with Crippen molar-refractivity contribution >= 4 is 17.6 Å². The van der Waals surface area contributed by atoms with Crippen LogP contribution >= 0.6 is 11.6 Å². The molecule has 122 valence electrons. The Bertz CT molecular complexity index is 842. The number of benzene rings is 1. The molecule has 0 saturated heterocycles. The van der Waals surface area contributed by atoms with Gasteiger partial charge in [0.25, 0.3) is 5.56 Å². The van der Waals surface area contributed by atoms with Crippen molar-refractivity contribution < 1.29 is 13.9 Å². The number of esters is 1. The lowest BCUT2D eigenvalue weighted by atomic mass is 10.2. The Labute approximate surface area is 135 Å². The van der Waals surface area contributed by atoms with Gasteiger partial charge in [0.2, 0.25) is 0 Å². The molecule has 6 nitrogen and oxygen atoms in total. The molecule has 0 atom stereocenters. The predicted molar refractivity (Wildman–Crippen MR) is 83.0 cm³/mol. The maximum absolute atomic E-state index is 14.2. The van der Waals surface area contributed by atoms with E-state index in [1.807, 2.05) is 0 Å². The molecule has 0 bridgehead atoms. The average molecular weight is 341 g/mol. The molecule has 0 fully saturated rings. The molecule has 0 aliphatic carbocycles. The Hall–Kier alpha value is -2.41. The summed E-state index contributed by atoms with van der Waals surface area (Å²) in [5.41, 5.74) is -1.58. The van der Waals surface area contributed by atoms with Crippen molar-refractivity contribution in [3.05, 3.63) is 61.1 Å². The molecule has 0 saturated carbocycles. The molecule has 2 rings (SSSR count). The van der Waals surface area contributed by atoms with Crippen LogP contribution in [0.15, 0.2) is 27.8 Å². The average Bonchev–Trinajstić information content (AvgIpc) is 2.48. The second kappa shape index (κ2) is 6.78. The van der Waals surface area contributed by atoms with Gasteiger partial charge in [-0.05, 0) is 25.5 Å². The molecule has 2 aromatic rings. The van der Waals surface area contributed by atoms with E-state index in [2.05, 4.69) is 4.98 Å². The van der Waals surface area contributed by atoms with E-state index in [1.54, 1.807) is 13.8 Å². The predicted octanol–water partition coefficient (Wildman–Crippen LogP) is 2.06. The summed E-state index contributed by atoms with van der Waals surface area (Å²) in [5.74, 6) is -1.67. The number of carbonyl (C=O) groups is 1. The topological polar surface area (TPSA) is 81.2 Å². The van der Waals surface area contributed by atoms with E-state index >= 15 is 0 Å². The number of aromatic nitrogens is 2. The molecule has 1 N–H and O–H groups in total. The van der Waals surface area contributed by atoms with Gasteiger partial charge in [-0.15, -0.1) is 0 Å². The fraction of sp³-hybridized carbons (Fsp3) is 0.267. The van der Waals surface area contributed by atoms with Crippen LogP contribution in [0.25, 0.3) is 5.69 Å². The minimum atomic E-state index is -0.903. The highest BCUT2D eigenvalue weighted by Crippen LogP contribution is 2.23. The van der Waals surface area contributed by atoms with E-state index in [-0.39, 0.29) is 22.9 Å². The van der Waals surface area contributed by atoms with Crippen molar-refractivity contribution in [2.75, 3.05) is 6.61 Å². The molecule has 0 unspecified atom stereocenters. The molecule has 1 heterocycles. The first-order chi connectivity index (χ1) is 10.9. The second-order valence-corrected chi connectivity index (χ2v) is 5.04. The Kier molecular flexibility index (Phi) is 5.00. The first-order valence-corrected chi connectivity index (χ1v) is 7.28. The number of nitrogens with one attached hydrogen (secondary N) is 1. The Morgan fingerprint density at radius 3 is 2.57 bits per heavy atom. The Morgan fingerprint density at radius 1 is 1.30 bits per heavy atom. The summed E-state index contributed by atoms with van der Waals surface area (Å²) in [4.78, 5) is 38.4. The minimum Gasteiger partial charge on any atom is -0.462 e. The third-order valence-corrected chi connectivity index (χ3v) is 3.46. The van der Waals surface area contributed by atoms with Crippen molar-refractivity contribution in [1.82, 2.24) is 9.55 Å². The van der Waals surface area contributed by atoms with Crippen LogP contribution in [-0.4, -0.2) is 22.1 Å². The van der Waals surface area contributed by atoms with Crippen LogP contribution in [0, 0.1) is 5.82 Å². The summed E-state index contributed by atoms with van der Waals surface area (Å²) in [6, 6.07) is 3.08. The van der Waals surface area contributed by atoms with Gasteiger partial charge in [-0.1, -0.05) is 18.5 Å². The van der Waals surface area contributed by atoms with E-state index in [0.717, 1.165) is 12.1 Å². The summed E-state index contributed by atoms with van der Waals surface area (Å²) >= 11 is 5.83. The number of ether oxygens (including phenoxy) is 1. The van der Waals surface area contributed by atoms with Crippen molar-refractivity contribution in [3.8, 4) is 5.69 Å². The van der Waals surface area contributed by atoms with Gasteiger partial charge in [-0.2, -0.15) is 0 Å². The zero-order chi connectivity index (χ0) is 17.1. The zero-order valence-corrected chi connectivity index (χ0v) is 13.2. The lowest BCUT2D eigenvalue weighted by Crippen LogP contribution is -2.34. The van der Waals surface area contributed by atoms with Gasteiger partial charge in [0, 0.05) is 11.8 Å². The summed E-state index contributed by atoms with van der Waals surface area (Å²) in [6.07, 6.45) is 0.447. The maximum atomic E-state index is 14.2. The zero-order valence-electron chi connectivity index (χ0n) is 12.5. The molecular formula is C15H14ClFN2O4. The van der Waals surface area contributed by atoms with Gasteiger partial charge in [0.1, 0.15) is 5.82 Å². The number of halogens is 2. The van der Waals surface area contributed by atoms with E-state index < -0.39 is 23.0 Å². The van der Waals surface area contributed by atoms with Gasteiger partial charge in [-0.25, -0.2) is 18.5 Å². The molecule has 0 spiro atoms. The monoisotopic (exact) mass is 340 g/mol. The van der Waals surface area contributed by atoms with E-state index in [1.165, 1.54) is 6.07 Å². The van der Waals surface area contributed by atoms with Crippen LogP contribution < -0.4 is 11.2 Å². The van der Waals surface area contributed by atoms with E-state index in [9.17, 15) is 18.8 Å². The molecule has 8 heteroatoms. The van der Waals surface area contributed by atoms with E-state index in [4.69, 9.17) is 16.3 Å². The molecule has 1 aromatic heterocycles. The lowest BCUT2D eigenvalue weighted by Gasteiger charge is -2.10. The maximum Gasteiger partial charge on any atom is 0.339 e. The Balaban J connectivity index is 2.70. The number of carbonyl (C=O) groups excluding carboxylic acids is 1. The van der Waals surface area contributed by atoms with Gasteiger partial charge in [0.15, 0.2) is 0 Å². The van der Waals surface area contributed by atoms with Crippen molar-refractivity contribution in [1.29, 1.82) is 0 Å². The van der Waals surface area contributed by atoms with Crippen molar-refractivity contribution in [2.45, 2.75) is 20.3 Å². The first-order valence-electron chi connectivity index (χ1n) is 6.90. The van der Waals surface area contributed by atoms with Crippen LogP contribution in [0.4, 0.5) is 4.39 Å². The standard InChI is InChI=1S/C15H14ClFN2O4/c1-3-8-5-13(20)19(15(22)18-8)12-6-9(14(21)23-4-2)10(16)7-11(12)17/h5-7H,3-4H2,1-2H3,(H,18,22). The summed E-state index contributed by atoms with van der Waals surface area (Å²) in [7, 11) is 0. The fourth-order valence-electron chi connectivity index (χ4n) is 2.04. The van der Waals surface area contributed by atoms with E-state index in [0.29, 0.717) is 16.7 Å². The number of nitrogens with zero attached hydrogens (tertiary/aromatic N) is 1. The number of aryl methyl sites for hydroxylation is 1. The number of aromatic amines is 1. The second-order valence-electron chi connectivity index (χ2n) is 4.63. The van der Waals surface area contributed by atoms with Crippen LogP contribution in [0.3, 0.4) is 0 Å². The molecule has 1 aromatic carbocycles. The van der Waals surface area contributed by atoms with Crippen molar-refractivity contribution in [3.63, 3.8) is 0 Å². The van der Waals surface area contributed by atoms with Crippen LogP contribution in [0.1, 0.15) is 29.9 Å². The molecule has 0 amide bonds. The smallest absolute Gasteiger partial charge is 0.339 e. The molecule has 0 radical (unpaired) electrons. The van der Waals surface area contributed by atoms with Crippen LogP contribution in [0.2, 0.25) is 5.02 Å². The van der Waals surface area contributed by atoms with Crippen LogP contribution in [0.5, 0.6) is 0 Å².